The second-order valence-electron chi connectivity index (χ2n) is 4.81. The Morgan fingerprint density at radius 3 is 2.00 bits per heavy atom. The molecule has 2 aromatic carbocycles. The third kappa shape index (κ3) is 5.07. The zero-order valence-electron chi connectivity index (χ0n) is 14.2. The average molecular weight is 341 g/mol. The van der Waals surface area contributed by atoms with Crippen molar-refractivity contribution >= 4 is 23.4 Å². The van der Waals surface area contributed by atoms with Gasteiger partial charge < -0.3 is 14.3 Å². The van der Waals surface area contributed by atoms with Gasteiger partial charge in [-0.05, 0) is 48.5 Å². The Morgan fingerprint density at radius 2 is 1.48 bits per heavy atom. The van der Waals surface area contributed by atoms with E-state index in [1.807, 2.05) is 0 Å². The predicted octanol–water partition coefficient (Wildman–Crippen LogP) is 2.99. The number of benzene rings is 2. The quantitative estimate of drug-likeness (QED) is 0.453. The van der Waals surface area contributed by atoms with E-state index < -0.39 is 0 Å². The molecule has 0 aliphatic carbocycles. The van der Waals surface area contributed by atoms with Crippen LogP contribution in [0.2, 0.25) is 0 Å². The lowest BCUT2D eigenvalue weighted by Crippen LogP contribution is -2.18. The highest BCUT2D eigenvalue weighted by Gasteiger charge is 2.13. The number of Topliss-reactive ketones (excluding diaryl/α,β-unsaturated/α-hetero) is 1. The summed E-state index contributed by atoms with van der Waals surface area (Å²) in [7, 11) is 4.55. The van der Waals surface area contributed by atoms with Gasteiger partial charge in [-0.25, -0.2) is 0 Å². The monoisotopic (exact) mass is 341 g/mol. The fourth-order valence-corrected chi connectivity index (χ4v) is 1.92. The van der Waals surface area contributed by atoms with E-state index in [2.05, 4.69) is 20.5 Å². The first-order valence-electron chi connectivity index (χ1n) is 7.41. The summed E-state index contributed by atoms with van der Waals surface area (Å²) in [6.07, 6.45) is 1.25. The molecule has 0 unspecified atom stereocenters. The third-order valence-corrected chi connectivity index (χ3v) is 3.26. The molecule has 0 bridgehead atoms. The number of rotatable bonds is 8. The zero-order chi connectivity index (χ0) is 18.1. The Kier molecular flexibility index (Phi) is 6.53. The van der Waals surface area contributed by atoms with Crippen molar-refractivity contribution in [3.63, 3.8) is 0 Å². The van der Waals surface area contributed by atoms with E-state index in [-0.39, 0.29) is 11.5 Å². The first-order chi connectivity index (χ1) is 12.2. The number of carbonyl (C=O) groups excluding carboxylic acids is 1. The number of oxime groups is 1. The first-order valence-corrected chi connectivity index (χ1v) is 7.41. The Bertz CT molecular complexity index is 753. The fraction of sp³-hybridized carbons (Fsp3) is 0.167. The maximum absolute atomic E-state index is 12.6. The molecule has 0 heterocycles. The number of hydrogen-bond acceptors (Lipinski definition) is 7. The number of hydrogen-bond donors (Lipinski definition) is 1. The maximum Gasteiger partial charge on any atom is 0.214 e. The third-order valence-electron chi connectivity index (χ3n) is 3.26. The summed E-state index contributed by atoms with van der Waals surface area (Å²) in [6.45, 7) is 0. The second kappa shape index (κ2) is 9.07. The molecule has 0 atom stereocenters. The van der Waals surface area contributed by atoms with Gasteiger partial charge in [0.2, 0.25) is 5.78 Å². The Hall–Kier alpha value is -3.35. The van der Waals surface area contributed by atoms with E-state index in [9.17, 15) is 4.79 Å². The highest BCUT2D eigenvalue weighted by molar-refractivity contribution is 6.64. The van der Waals surface area contributed by atoms with Gasteiger partial charge in [-0.3, -0.25) is 10.2 Å². The van der Waals surface area contributed by atoms with Crippen molar-refractivity contribution < 1.29 is 19.1 Å². The van der Waals surface area contributed by atoms with E-state index in [1.54, 1.807) is 62.8 Å². The van der Waals surface area contributed by atoms with Crippen LogP contribution in [0.15, 0.2) is 58.8 Å². The van der Waals surface area contributed by atoms with Gasteiger partial charge in [-0.15, -0.1) is 0 Å². The second-order valence-corrected chi connectivity index (χ2v) is 4.81. The van der Waals surface area contributed by atoms with Crippen LogP contribution in [0.5, 0.6) is 11.5 Å². The summed E-state index contributed by atoms with van der Waals surface area (Å²) in [5.41, 5.74) is 4.08. The lowest BCUT2D eigenvalue weighted by atomic mass is 10.1. The highest BCUT2D eigenvalue weighted by Crippen LogP contribution is 2.15. The molecule has 0 aromatic heterocycles. The SMILES string of the molecule is CO/N=C/C(=N\Nc1ccc(OC)cc1)C(=O)c1ccc(OC)cc1. The van der Waals surface area contributed by atoms with E-state index >= 15 is 0 Å². The Labute approximate surface area is 145 Å². The smallest absolute Gasteiger partial charge is 0.214 e. The molecule has 1 N–H and O–H groups in total. The molecule has 0 radical (unpaired) electrons. The van der Waals surface area contributed by atoms with E-state index in [0.29, 0.717) is 17.0 Å². The number of ketones is 1. The standard InChI is InChI=1S/C18H19N3O4/c1-23-15-8-4-13(5-9-15)18(22)17(12-19-25-3)21-20-14-6-10-16(24-2)11-7-14/h4-12,20H,1-3H3/b19-12+,21-17+. The largest absolute Gasteiger partial charge is 0.497 e. The van der Waals surface area contributed by atoms with Gasteiger partial charge in [0.1, 0.15) is 18.6 Å². The van der Waals surface area contributed by atoms with Crippen LogP contribution in [0.4, 0.5) is 5.69 Å². The minimum Gasteiger partial charge on any atom is -0.497 e. The van der Waals surface area contributed by atoms with Gasteiger partial charge in [0.15, 0.2) is 5.71 Å². The van der Waals surface area contributed by atoms with Gasteiger partial charge in [0.05, 0.1) is 26.1 Å². The average Bonchev–Trinajstić information content (AvgIpc) is 2.68. The van der Waals surface area contributed by atoms with Gasteiger partial charge in [-0.2, -0.15) is 5.10 Å². The molecule has 7 heteroatoms. The summed E-state index contributed by atoms with van der Waals surface area (Å²) in [4.78, 5) is 17.2. The van der Waals surface area contributed by atoms with Crippen LogP contribution < -0.4 is 14.9 Å². The zero-order valence-corrected chi connectivity index (χ0v) is 14.2. The van der Waals surface area contributed by atoms with Crippen molar-refractivity contribution in [2.75, 3.05) is 26.8 Å². The Morgan fingerprint density at radius 1 is 0.920 bits per heavy atom. The van der Waals surface area contributed by atoms with Crippen LogP contribution in [-0.4, -0.2) is 39.0 Å². The van der Waals surface area contributed by atoms with Crippen LogP contribution in [-0.2, 0) is 4.84 Å². The molecule has 0 aliphatic heterocycles. The molecule has 0 fully saturated rings. The van der Waals surface area contributed by atoms with Crippen molar-refractivity contribution in [3.05, 3.63) is 54.1 Å². The van der Waals surface area contributed by atoms with E-state index in [0.717, 1.165) is 5.75 Å². The van der Waals surface area contributed by atoms with Crippen LogP contribution in [0.25, 0.3) is 0 Å². The van der Waals surface area contributed by atoms with Gasteiger partial charge in [0.25, 0.3) is 0 Å². The lowest BCUT2D eigenvalue weighted by molar-refractivity contribution is 0.106. The summed E-state index contributed by atoms with van der Waals surface area (Å²) in [5, 5.41) is 7.75. The molecule has 130 valence electrons. The molecule has 0 spiro atoms. The van der Waals surface area contributed by atoms with E-state index in [1.165, 1.54) is 13.3 Å². The van der Waals surface area contributed by atoms with Crippen molar-refractivity contribution in [3.8, 4) is 11.5 Å². The molecule has 2 rings (SSSR count). The number of nitrogens with one attached hydrogen (secondary N) is 1. The van der Waals surface area contributed by atoms with Crippen molar-refractivity contribution in [1.82, 2.24) is 0 Å². The molecule has 0 saturated carbocycles. The van der Waals surface area contributed by atoms with Crippen molar-refractivity contribution in [2.24, 2.45) is 10.3 Å². The number of methoxy groups -OCH3 is 2. The van der Waals surface area contributed by atoms with E-state index in [4.69, 9.17) is 9.47 Å². The normalized spacial score (nSPS) is 11.2. The summed E-state index contributed by atoms with van der Waals surface area (Å²) >= 11 is 0. The van der Waals surface area contributed by atoms with Crippen LogP contribution >= 0.6 is 0 Å². The van der Waals surface area contributed by atoms with Crippen LogP contribution in [0.3, 0.4) is 0 Å². The molecule has 0 saturated heterocycles. The molecule has 0 aliphatic rings. The molecule has 2 aromatic rings. The van der Waals surface area contributed by atoms with Crippen LogP contribution in [0, 0.1) is 0 Å². The number of carbonyl (C=O) groups is 1. The molecule has 7 nitrogen and oxygen atoms in total. The minimum atomic E-state index is -0.301. The first kappa shape index (κ1) is 18.0. The van der Waals surface area contributed by atoms with Crippen LogP contribution in [0.1, 0.15) is 10.4 Å². The summed E-state index contributed by atoms with van der Waals surface area (Å²) in [5.74, 6) is 1.09. The number of anilines is 1. The summed E-state index contributed by atoms with van der Waals surface area (Å²) < 4.78 is 10.2. The maximum atomic E-state index is 12.6. The van der Waals surface area contributed by atoms with Crippen molar-refractivity contribution in [1.29, 1.82) is 0 Å². The number of ether oxygens (including phenoxy) is 2. The minimum absolute atomic E-state index is 0.0998. The van der Waals surface area contributed by atoms with Gasteiger partial charge in [0, 0.05) is 5.56 Å². The number of nitrogens with zero attached hydrogens (tertiary/aromatic N) is 2. The highest BCUT2D eigenvalue weighted by atomic mass is 16.6. The Balaban J connectivity index is 2.20. The molecular formula is C18H19N3O4. The predicted molar refractivity (Wildman–Crippen MR) is 96.9 cm³/mol. The molecule has 25 heavy (non-hydrogen) atoms. The van der Waals surface area contributed by atoms with Crippen molar-refractivity contribution in [2.45, 2.75) is 0 Å². The molecule has 0 amide bonds. The fourth-order valence-electron chi connectivity index (χ4n) is 1.92. The van der Waals surface area contributed by atoms with Gasteiger partial charge >= 0.3 is 0 Å². The molecular weight excluding hydrogens is 322 g/mol. The van der Waals surface area contributed by atoms with Gasteiger partial charge in [-0.1, -0.05) is 5.16 Å². The number of hydrazone groups is 1. The summed E-state index contributed by atoms with van der Waals surface area (Å²) in [6, 6.07) is 13.9. The lowest BCUT2D eigenvalue weighted by Gasteiger charge is -2.05. The topological polar surface area (TPSA) is 81.5 Å².